The van der Waals surface area contributed by atoms with Crippen molar-refractivity contribution in [2.45, 2.75) is 25.7 Å². The Hall–Kier alpha value is -1.32. The maximum absolute atomic E-state index is 12.0. The predicted octanol–water partition coefficient (Wildman–Crippen LogP) is 1.28. The standard InChI is InChI=1S/C12H17NO3/c1-2-9-3-7-13(8-4-9)10(14)12(5-6-12)11(15)16/h2,9H,1,3-8H2,(H,15,16). The van der Waals surface area contributed by atoms with Crippen LogP contribution in [-0.4, -0.2) is 35.0 Å². The SMILES string of the molecule is C=CC1CCN(C(=O)C2(C(=O)O)CC2)CC1. The number of piperidine rings is 1. The third kappa shape index (κ3) is 1.72. The van der Waals surface area contributed by atoms with E-state index < -0.39 is 11.4 Å². The summed E-state index contributed by atoms with van der Waals surface area (Å²) < 4.78 is 0. The zero-order valence-corrected chi connectivity index (χ0v) is 9.32. The van der Waals surface area contributed by atoms with Crippen molar-refractivity contribution in [2.24, 2.45) is 11.3 Å². The zero-order chi connectivity index (χ0) is 11.8. The number of rotatable bonds is 3. The van der Waals surface area contributed by atoms with E-state index in [1.807, 2.05) is 6.08 Å². The van der Waals surface area contributed by atoms with Crippen LogP contribution in [0.5, 0.6) is 0 Å². The number of carbonyl (C=O) groups is 2. The summed E-state index contributed by atoms with van der Waals surface area (Å²) in [6, 6.07) is 0. The summed E-state index contributed by atoms with van der Waals surface area (Å²) in [4.78, 5) is 24.8. The van der Waals surface area contributed by atoms with Crippen LogP contribution in [0.2, 0.25) is 0 Å². The Balaban J connectivity index is 1.97. The Labute approximate surface area is 94.9 Å². The molecule has 0 radical (unpaired) electrons. The van der Waals surface area contributed by atoms with Gasteiger partial charge >= 0.3 is 5.97 Å². The van der Waals surface area contributed by atoms with Crippen LogP contribution in [0, 0.1) is 11.3 Å². The van der Waals surface area contributed by atoms with E-state index in [0.29, 0.717) is 31.8 Å². The topological polar surface area (TPSA) is 57.6 Å². The summed E-state index contributed by atoms with van der Waals surface area (Å²) >= 11 is 0. The molecule has 2 fully saturated rings. The molecule has 1 amide bonds. The van der Waals surface area contributed by atoms with Gasteiger partial charge in [-0.05, 0) is 31.6 Å². The summed E-state index contributed by atoms with van der Waals surface area (Å²) in [5, 5.41) is 9.04. The second-order valence-electron chi connectivity index (χ2n) is 4.75. The molecular weight excluding hydrogens is 206 g/mol. The average molecular weight is 223 g/mol. The fourth-order valence-electron chi connectivity index (χ4n) is 2.29. The highest BCUT2D eigenvalue weighted by Gasteiger charge is 2.58. The number of carboxylic acids is 1. The van der Waals surface area contributed by atoms with Crippen molar-refractivity contribution in [2.75, 3.05) is 13.1 Å². The number of carbonyl (C=O) groups excluding carboxylic acids is 1. The van der Waals surface area contributed by atoms with Crippen molar-refractivity contribution in [3.05, 3.63) is 12.7 Å². The molecule has 0 aromatic carbocycles. The van der Waals surface area contributed by atoms with Gasteiger partial charge in [0.05, 0.1) is 0 Å². The highest BCUT2D eigenvalue weighted by atomic mass is 16.4. The van der Waals surface area contributed by atoms with E-state index in [2.05, 4.69) is 6.58 Å². The van der Waals surface area contributed by atoms with Crippen LogP contribution in [0.25, 0.3) is 0 Å². The van der Waals surface area contributed by atoms with Gasteiger partial charge in [-0.3, -0.25) is 9.59 Å². The first kappa shape index (κ1) is 11.2. The number of carboxylic acid groups (broad SMARTS) is 1. The summed E-state index contributed by atoms with van der Waals surface area (Å²) in [5.41, 5.74) is -1.07. The van der Waals surface area contributed by atoms with Crippen LogP contribution in [0.3, 0.4) is 0 Å². The van der Waals surface area contributed by atoms with Crippen molar-refractivity contribution in [1.29, 1.82) is 0 Å². The second-order valence-corrected chi connectivity index (χ2v) is 4.75. The number of hydrogen-bond acceptors (Lipinski definition) is 2. The second kappa shape index (κ2) is 3.92. The van der Waals surface area contributed by atoms with E-state index >= 15 is 0 Å². The van der Waals surface area contributed by atoms with E-state index in [-0.39, 0.29) is 5.91 Å². The molecule has 4 nitrogen and oxygen atoms in total. The van der Waals surface area contributed by atoms with E-state index in [4.69, 9.17) is 5.11 Å². The van der Waals surface area contributed by atoms with E-state index in [9.17, 15) is 9.59 Å². The molecule has 1 aliphatic heterocycles. The van der Waals surface area contributed by atoms with E-state index in [0.717, 1.165) is 12.8 Å². The minimum absolute atomic E-state index is 0.178. The lowest BCUT2D eigenvalue weighted by Gasteiger charge is -2.32. The van der Waals surface area contributed by atoms with Crippen LogP contribution >= 0.6 is 0 Å². The van der Waals surface area contributed by atoms with E-state index in [1.54, 1.807) is 4.90 Å². The third-order valence-corrected chi connectivity index (χ3v) is 3.73. The number of likely N-dealkylation sites (tertiary alicyclic amines) is 1. The molecule has 2 rings (SSSR count). The highest BCUT2D eigenvalue weighted by molar-refractivity contribution is 6.04. The van der Waals surface area contributed by atoms with Gasteiger partial charge < -0.3 is 10.0 Å². The fraction of sp³-hybridized carbons (Fsp3) is 0.667. The molecule has 88 valence electrons. The number of aliphatic carboxylic acids is 1. The fourth-order valence-corrected chi connectivity index (χ4v) is 2.29. The van der Waals surface area contributed by atoms with Crippen LogP contribution in [-0.2, 0) is 9.59 Å². The number of nitrogens with zero attached hydrogens (tertiary/aromatic N) is 1. The maximum Gasteiger partial charge on any atom is 0.319 e. The van der Waals surface area contributed by atoms with Gasteiger partial charge in [0, 0.05) is 13.1 Å². The van der Waals surface area contributed by atoms with Gasteiger partial charge in [0.15, 0.2) is 0 Å². The molecule has 1 aliphatic carbocycles. The Morgan fingerprint density at radius 3 is 2.25 bits per heavy atom. The Bertz CT molecular complexity index is 325. The van der Waals surface area contributed by atoms with Crippen molar-refractivity contribution >= 4 is 11.9 Å². The monoisotopic (exact) mass is 223 g/mol. The van der Waals surface area contributed by atoms with Gasteiger partial charge in [0.2, 0.25) is 5.91 Å². The van der Waals surface area contributed by atoms with Crippen molar-refractivity contribution < 1.29 is 14.7 Å². The Morgan fingerprint density at radius 2 is 1.88 bits per heavy atom. The third-order valence-electron chi connectivity index (χ3n) is 3.73. The largest absolute Gasteiger partial charge is 0.480 e. The van der Waals surface area contributed by atoms with Gasteiger partial charge in [0.25, 0.3) is 0 Å². The Morgan fingerprint density at radius 1 is 1.31 bits per heavy atom. The Kier molecular flexibility index (Phi) is 2.74. The zero-order valence-electron chi connectivity index (χ0n) is 9.32. The molecule has 0 aromatic rings. The van der Waals surface area contributed by atoms with Crippen LogP contribution in [0.15, 0.2) is 12.7 Å². The van der Waals surface area contributed by atoms with Gasteiger partial charge in [-0.15, -0.1) is 6.58 Å². The molecule has 1 heterocycles. The average Bonchev–Trinajstić information content (AvgIpc) is 3.09. The lowest BCUT2D eigenvalue weighted by Crippen LogP contribution is -2.44. The molecule has 0 atom stereocenters. The van der Waals surface area contributed by atoms with Crippen molar-refractivity contribution in [3.8, 4) is 0 Å². The van der Waals surface area contributed by atoms with Crippen LogP contribution < -0.4 is 0 Å². The molecule has 16 heavy (non-hydrogen) atoms. The van der Waals surface area contributed by atoms with E-state index in [1.165, 1.54) is 0 Å². The molecule has 1 N–H and O–H groups in total. The molecule has 0 bridgehead atoms. The van der Waals surface area contributed by atoms with Gasteiger partial charge in [0.1, 0.15) is 5.41 Å². The summed E-state index contributed by atoms with van der Waals surface area (Å²) in [6.07, 6.45) is 4.74. The van der Waals surface area contributed by atoms with Crippen molar-refractivity contribution in [3.63, 3.8) is 0 Å². The summed E-state index contributed by atoms with van der Waals surface area (Å²) in [6.45, 7) is 5.09. The van der Waals surface area contributed by atoms with Crippen LogP contribution in [0.1, 0.15) is 25.7 Å². The minimum atomic E-state index is -1.07. The molecule has 4 heteroatoms. The summed E-state index contributed by atoms with van der Waals surface area (Å²) in [7, 11) is 0. The molecule has 0 spiro atoms. The molecule has 2 aliphatic rings. The lowest BCUT2D eigenvalue weighted by atomic mass is 9.95. The molecular formula is C12H17NO3. The van der Waals surface area contributed by atoms with Crippen molar-refractivity contribution in [1.82, 2.24) is 4.90 Å². The number of amides is 1. The smallest absolute Gasteiger partial charge is 0.319 e. The first-order valence-corrected chi connectivity index (χ1v) is 5.75. The normalized spacial score (nSPS) is 23.9. The first-order chi connectivity index (χ1) is 7.60. The lowest BCUT2D eigenvalue weighted by molar-refractivity contribution is -0.154. The first-order valence-electron chi connectivity index (χ1n) is 5.75. The van der Waals surface area contributed by atoms with Gasteiger partial charge in [-0.2, -0.15) is 0 Å². The minimum Gasteiger partial charge on any atom is -0.480 e. The molecule has 1 saturated heterocycles. The predicted molar refractivity (Wildman–Crippen MR) is 58.8 cm³/mol. The molecule has 1 saturated carbocycles. The quantitative estimate of drug-likeness (QED) is 0.579. The van der Waals surface area contributed by atoms with Gasteiger partial charge in [-0.25, -0.2) is 0 Å². The molecule has 0 unspecified atom stereocenters. The highest BCUT2D eigenvalue weighted by Crippen LogP contribution is 2.47. The molecule has 0 aromatic heterocycles. The van der Waals surface area contributed by atoms with Crippen LogP contribution in [0.4, 0.5) is 0 Å². The summed E-state index contributed by atoms with van der Waals surface area (Å²) in [5.74, 6) is -0.658. The number of allylic oxidation sites excluding steroid dienone is 1. The number of hydrogen-bond donors (Lipinski definition) is 1. The van der Waals surface area contributed by atoms with Gasteiger partial charge in [-0.1, -0.05) is 6.08 Å². The maximum atomic E-state index is 12.0.